The number of aliphatic imine (C=N–C) groups is 1. The van der Waals surface area contributed by atoms with Crippen LogP contribution in [0.2, 0.25) is 5.02 Å². The quantitative estimate of drug-likeness (QED) is 0.430. The van der Waals surface area contributed by atoms with Crippen molar-refractivity contribution >= 4 is 41.5 Å². The van der Waals surface area contributed by atoms with Gasteiger partial charge >= 0.3 is 0 Å². The second kappa shape index (κ2) is 9.45. The van der Waals surface area contributed by atoms with Gasteiger partial charge in [0.2, 0.25) is 0 Å². The summed E-state index contributed by atoms with van der Waals surface area (Å²) in [4.78, 5) is 4.22. The highest BCUT2D eigenvalue weighted by Crippen LogP contribution is 2.31. The van der Waals surface area contributed by atoms with Gasteiger partial charge < -0.3 is 10.6 Å². The lowest BCUT2D eigenvalue weighted by Gasteiger charge is -2.12. The van der Waals surface area contributed by atoms with Crippen LogP contribution in [0.25, 0.3) is 0 Å². The van der Waals surface area contributed by atoms with Gasteiger partial charge in [-0.3, -0.25) is 4.99 Å². The van der Waals surface area contributed by atoms with Crippen molar-refractivity contribution in [1.29, 1.82) is 0 Å². The third-order valence-corrected chi connectivity index (χ3v) is 3.78. The SMILES string of the molecule is CN=C(NCCc1ccccc1Cl)NCCC1CC1.I. The van der Waals surface area contributed by atoms with Crippen LogP contribution in [0.5, 0.6) is 0 Å². The second-order valence-corrected chi connectivity index (χ2v) is 5.41. The highest BCUT2D eigenvalue weighted by molar-refractivity contribution is 14.0. The number of hydrogen-bond donors (Lipinski definition) is 2. The lowest BCUT2D eigenvalue weighted by Crippen LogP contribution is -2.38. The molecule has 1 aromatic rings. The highest BCUT2D eigenvalue weighted by atomic mass is 127. The Bertz CT molecular complexity index is 433. The first kappa shape index (κ1) is 17.6. The van der Waals surface area contributed by atoms with Crippen LogP contribution in [0.4, 0.5) is 0 Å². The summed E-state index contributed by atoms with van der Waals surface area (Å²) < 4.78 is 0. The van der Waals surface area contributed by atoms with E-state index in [1.807, 2.05) is 25.2 Å². The average molecular weight is 408 g/mol. The summed E-state index contributed by atoms with van der Waals surface area (Å²) in [5, 5.41) is 7.50. The second-order valence-electron chi connectivity index (χ2n) is 5.00. The molecule has 20 heavy (non-hydrogen) atoms. The standard InChI is InChI=1S/C15H22ClN3.HI/c1-17-15(18-10-8-12-6-7-12)19-11-9-13-4-2-3-5-14(13)16;/h2-5,12H,6-11H2,1H3,(H2,17,18,19);1H. The Hall–Kier alpha value is -0.490. The predicted octanol–water partition coefficient (Wildman–Crippen LogP) is 3.47. The predicted molar refractivity (Wildman–Crippen MR) is 97.3 cm³/mol. The first-order valence-electron chi connectivity index (χ1n) is 6.97. The van der Waals surface area contributed by atoms with E-state index in [1.165, 1.54) is 24.8 Å². The van der Waals surface area contributed by atoms with Crippen LogP contribution >= 0.6 is 35.6 Å². The Labute approximate surface area is 143 Å². The fourth-order valence-corrected chi connectivity index (χ4v) is 2.27. The number of nitrogens with one attached hydrogen (secondary N) is 2. The lowest BCUT2D eigenvalue weighted by molar-refractivity contribution is 0.684. The summed E-state index contributed by atoms with van der Waals surface area (Å²) in [6.07, 6.45) is 4.97. The summed E-state index contributed by atoms with van der Waals surface area (Å²) in [6.45, 7) is 1.85. The number of guanidine groups is 1. The highest BCUT2D eigenvalue weighted by Gasteiger charge is 2.20. The van der Waals surface area contributed by atoms with Gasteiger partial charge in [-0.1, -0.05) is 42.6 Å². The zero-order valence-corrected chi connectivity index (χ0v) is 14.9. The molecule has 0 heterocycles. The number of nitrogens with zero attached hydrogens (tertiary/aromatic N) is 1. The molecule has 1 aliphatic carbocycles. The zero-order chi connectivity index (χ0) is 13.5. The van der Waals surface area contributed by atoms with E-state index < -0.39 is 0 Å². The molecule has 0 spiro atoms. The monoisotopic (exact) mass is 407 g/mol. The van der Waals surface area contributed by atoms with Gasteiger partial charge in [-0.05, 0) is 30.4 Å². The number of halogens is 2. The van der Waals surface area contributed by atoms with E-state index in [4.69, 9.17) is 11.6 Å². The van der Waals surface area contributed by atoms with Crippen molar-refractivity contribution in [2.75, 3.05) is 20.1 Å². The topological polar surface area (TPSA) is 36.4 Å². The number of hydrogen-bond acceptors (Lipinski definition) is 1. The molecule has 0 unspecified atom stereocenters. The largest absolute Gasteiger partial charge is 0.356 e. The van der Waals surface area contributed by atoms with Crippen LogP contribution in [-0.4, -0.2) is 26.1 Å². The molecule has 0 bridgehead atoms. The Morgan fingerprint density at radius 3 is 2.60 bits per heavy atom. The maximum Gasteiger partial charge on any atom is 0.190 e. The molecule has 1 saturated carbocycles. The number of rotatable bonds is 6. The van der Waals surface area contributed by atoms with Crippen LogP contribution in [0.15, 0.2) is 29.3 Å². The first-order valence-corrected chi connectivity index (χ1v) is 7.35. The Balaban J connectivity index is 0.00000200. The third kappa shape index (κ3) is 6.31. The van der Waals surface area contributed by atoms with Gasteiger partial charge in [0.1, 0.15) is 0 Å². The molecule has 3 nitrogen and oxygen atoms in total. The molecule has 0 saturated heterocycles. The Kier molecular flexibility index (Phi) is 8.30. The van der Waals surface area contributed by atoms with Crippen molar-refractivity contribution in [3.05, 3.63) is 34.9 Å². The van der Waals surface area contributed by atoms with E-state index in [0.29, 0.717) is 0 Å². The van der Waals surface area contributed by atoms with Crippen LogP contribution < -0.4 is 10.6 Å². The Morgan fingerprint density at radius 2 is 1.95 bits per heavy atom. The van der Waals surface area contributed by atoms with Crippen molar-refractivity contribution in [2.24, 2.45) is 10.9 Å². The molecule has 0 radical (unpaired) electrons. The third-order valence-electron chi connectivity index (χ3n) is 3.41. The van der Waals surface area contributed by atoms with E-state index in [9.17, 15) is 0 Å². The molecule has 0 aromatic heterocycles. The fourth-order valence-electron chi connectivity index (χ4n) is 2.04. The number of benzene rings is 1. The molecule has 1 aliphatic rings. The summed E-state index contributed by atoms with van der Waals surface area (Å²) in [5.74, 6) is 1.83. The molecule has 2 rings (SSSR count). The molecule has 2 N–H and O–H groups in total. The van der Waals surface area contributed by atoms with E-state index in [-0.39, 0.29) is 24.0 Å². The molecule has 1 fully saturated rings. The van der Waals surface area contributed by atoms with Crippen molar-refractivity contribution < 1.29 is 0 Å². The molecular formula is C15H23ClIN3. The Morgan fingerprint density at radius 1 is 1.25 bits per heavy atom. The van der Waals surface area contributed by atoms with Crippen LogP contribution in [0.3, 0.4) is 0 Å². The van der Waals surface area contributed by atoms with Gasteiger partial charge in [0.05, 0.1) is 0 Å². The maximum atomic E-state index is 6.13. The molecule has 0 amide bonds. The molecule has 5 heteroatoms. The smallest absolute Gasteiger partial charge is 0.190 e. The van der Waals surface area contributed by atoms with Crippen LogP contribution in [-0.2, 0) is 6.42 Å². The van der Waals surface area contributed by atoms with Gasteiger partial charge in [0.25, 0.3) is 0 Å². The van der Waals surface area contributed by atoms with E-state index in [0.717, 1.165) is 36.4 Å². The van der Waals surface area contributed by atoms with Gasteiger partial charge in [0.15, 0.2) is 5.96 Å². The van der Waals surface area contributed by atoms with Gasteiger partial charge in [-0.25, -0.2) is 0 Å². The molecule has 112 valence electrons. The molecule has 0 aliphatic heterocycles. The zero-order valence-electron chi connectivity index (χ0n) is 11.9. The van der Waals surface area contributed by atoms with Crippen LogP contribution in [0, 0.1) is 5.92 Å². The average Bonchev–Trinajstić information content (AvgIpc) is 3.23. The minimum atomic E-state index is 0. The van der Waals surface area contributed by atoms with Crippen molar-refractivity contribution in [3.8, 4) is 0 Å². The van der Waals surface area contributed by atoms with Crippen LogP contribution in [0.1, 0.15) is 24.8 Å². The van der Waals surface area contributed by atoms with Crippen molar-refractivity contribution in [1.82, 2.24) is 10.6 Å². The molecule has 0 atom stereocenters. The first-order chi connectivity index (χ1) is 9.29. The normalized spacial score (nSPS) is 14.6. The summed E-state index contributed by atoms with van der Waals surface area (Å²) >= 11 is 6.13. The van der Waals surface area contributed by atoms with E-state index >= 15 is 0 Å². The summed E-state index contributed by atoms with van der Waals surface area (Å²) in [6, 6.07) is 7.97. The summed E-state index contributed by atoms with van der Waals surface area (Å²) in [5.41, 5.74) is 1.17. The van der Waals surface area contributed by atoms with Crippen molar-refractivity contribution in [2.45, 2.75) is 25.7 Å². The molecule has 1 aromatic carbocycles. The maximum absolute atomic E-state index is 6.13. The van der Waals surface area contributed by atoms with E-state index in [2.05, 4.69) is 21.7 Å². The van der Waals surface area contributed by atoms with Gasteiger partial charge in [-0.2, -0.15) is 0 Å². The van der Waals surface area contributed by atoms with Gasteiger partial charge in [-0.15, -0.1) is 24.0 Å². The van der Waals surface area contributed by atoms with Crippen molar-refractivity contribution in [3.63, 3.8) is 0 Å². The summed E-state index contributed by atoms with van der Waals surface area (Å²) in [7, 11) is 1.81. The molecular weight excluding hydrogens is 385 g/mol. The lowest BCUT2D eigenvalue weighted by atomic mass is 10.1. The minimum absolute atomic E-state index is 0. The minimum Gasteiger partial charge on any atom is -0.356 e. The fraction of sp³-hybridized carbons (Fsp3) is 0.533. The van der Waals surface area contributed by atoms with E-state index in [1.54, 1.807) is 0 Å². The van der Waals surface area contributed by atoms with Gasteiger partial charge in [0, 0.05) is 25.2 Å².